The molecular formula is C15H20BrN3O. The average molecular weight is 338 g/mol. The van der Waals surface area contributed by atoms with Gasteiger partial charge in [0.2, 0.25) is 0 Å². The molecule has 0 unspecified atom stereocenters. The van der Waals surface area contributed by atoms with E-state index in [-0.39, 0.29) is 6.04 Å². The van der Waals surface area contributed by atoms with Crippen molar-refractivity contribution in [2.75, 3.05) is 0 Å². The normalized spacial score (nSPS) is 12.7. The molecule has 2 N–H and O–H groups in total. The van der Waals surface area contributed by atoms with Crippen LogP contribution in [0.2, 0.25) is 0 Å². The Labute approximate surface area is 128 Å². The highest BCUT2D eigenvalue weighted by Crippen LogP contribution is 2.28. The van der Waals surface area contributed by atoms with Crippen molar-refractivity contribution in [1.29, 1.82) is 0 Å². The van der Waals surface area contributed by atoms with Gasteiger partial charge < -0.3 is 10.5 Å². The van der Waals surface area contributed by atoms with E-state index in [0.717, 1.165) is 21.5 Å². The summed E-state index contributed by atoms with van der Waals surface area (Å²) in [5, 5.41) is 4.47. The van der Waals surface area contributed by atoms with Crippen LogP contribution in [0, 0.1) is 0 Å². The Kier molecular flexibility index (Phi) is 4.83. The van der Waals surface area contributed by atoms with E-state index in [2.05, 4.69) is 34.9 Å². The molecule has 0 saturated heterocycles. The minimum atomic E-state index is -0.0636. The number of nitrogens with zero attached hydrogens (tertiary/aromatic N) is 2. The molecule has 20 heavy (non-hydrogen) atoms. The average Bonchev–Trinajstić information content (AvgIpc) is 2.85. The standard InChI is InChI=1S/C15H20BrN3O/c1-10(2)19-7-6-13(18-19)9-20-15-8-12(16)4-5-14(15)11(3)17/h4-8,10-11H,9,17H2,1-3H3/t11-/m1/s1. The minimum Gasteiger partial charge on any atom is -0.487 e. The Bertz CT molecular complexity index is 578. The number of hydrogen-bond acceptors (Lipinski definition) is 3. The molecule has 2 rings (SSSR count). The predicted octanol–water partition coefficient (Wildman–Crippen LogP) is 3.83. The Balaban J connectivity index is 2.11. The maximum absolute atomic E-state index is 5.96. The lowest BCUT2D eigenvalue weighted by Gasteiger charge is -2.14. The maximum Gasteiger partial charge on any atom is 0.132 e. The first-order valence-electron chi connectivity index (χ1n) is 6.69. The highest BCUT2D eigenvalue weighted by molar-refractivity contribution is 9.10. The summed E-state index contributed by atoms with van der Waals surface area (Å²) in [4.78, 5) is 0. The molecule has 0 spiro atoms. The van der Waals surface area contributed by atoms with Gasteiger partial charge in [-0.2, -0.15) is 5.10 Å². The summed E-state index contributed by atoms with van der Waals surface area (Å²) < 4.78 is 8.77. The fourth-order valence-corrected chi connectivity index (χ4v) is 2.24. The third-order valence-corrected chi connectivity index (χ3v) is 3.53. The van der Waals surface area contributed by atoms with Crippen LogP contribution in [-0.2, 0) is 6.61 Å². The van der Waals surface area contributed by atoms with Gasteiger partial charge in [0.05, 0.1) is 5.69 Å². The van der Waals surface area contributed by atoms with E-state index >= 15 is 0 Å². The van der Waals surface area contributed by atoms with Gasteiger partial charge in [-0.1, -0.05) is 22.0 Å². The fraction of sp³-hybridized carbons (Fsp3) is 0.400. The van der Waals surface area contributed by atoms with Gasteiger partial charge in [-0.15, -0.1) is 0 Å². The maximum atomic E-state index is 5.96. The summed E-state index contributed by atoms with van der Waals surface area (Å²) >= 11 is 3.45. The van der Waals surface area contributed by atoms with Gasteiger partial charge in [0.15, 0.2) is 0 Å². The monoisotopic (exact) mass is 337 g/mol. The van der Waals surface area contributed by atoms with Crippen LogP contribution in [0.4, 0.5) is 0 Å². The number of rotatable bonds is 5. The van der Waals surface area contributed by atoms with Gasteiger partial charge >= 0.3 is 0 Å². The smallest absolute Gasteiger partial charge is 0.132 e. The summed E-state index contributed by atoms with van der Waals surface area (Å²) in [5.74, 6) is 0.800. The van der Waals surface area contributed by atoms with E-state index in [1.807, 2.05) is 42.1 Å². The van der Waals surface area contributed by atoms with E-state index in [1.54, 1.807) is 0 Å². The van der Waals surface area contributed by atoms with Gasteiger partial charge in [-0.05, 0) is 39.0 Å². The zero-order valence-corrected chi connectivity index (χ0v) is 13.6. The van der Waals surface area contributed by atoms with Gasteiger partial charge in [-0.25, -0.2) is 0 Å². The first-order chi connectivity index (χ1) is 9.47. The van der Waals surface area contributed by atoms with Crippen LogP contribution in [0.5, 0.6) is 5.75 Å². The molecule has 0 aliphatic carbocycles. The second-order valence-corrected chi connectivity index (χ2v) is 6.06. The molecule has 0 aliphatic rings. The number of benzene rings is 1. The quantitative estimate of drug-likeness (QED) is 0.902. The van der Waals surface area contributed by atoms with Gasteiger partial charge in [0.25, 0.3) is 0 Å². The van der Waals surface area contributed by atoms with Crippen molar-refractivity contribution in [2.24, 2.45) is 5.73 Å². The largest absolute Gasteiger partial charge is 0.487 e. The Morgan fingerprint density at radius 3 is 2.65 bits per heavy atom. The Morgan fingerprint density at radius 2 is 2.05 bits per heavy atom. The van der Waals surface area contributed by atoms with Crippen molar-refractivity contribution < 1.29 is 4.74 Å². The van der Waals surface area contributed by atoms with Crippen LogP contribution in [0.1, 0.15) is 44.1 Å². The highest BCUT2D eigenvalue weighted by Gasteiger charge is 2.10. The van der Waals surface area contributed by atoms with Crippen molar-refractivity contribution in [3.63, 3.8) is 0 Å². The third kappa shape index (κ3) is 3.61. The molecule has 1 atom stereocenters. The zero-order valence-electron chi connectivity index (χ0n) is 12.0. The molecule has 1 heterocycles. The van der Waals surface area contributed by atoms with Crippen molar-refractivity contribution in [3.05, 3.63) is 46.2 Å². The van der Waals surface area contributed by atoms with Gasteiger partial charge in [-0.3, -0.25) is 4.68 Å². The number of aromatic nitrogens is 2. The minimum absolute atomic E-state index is 0.0636. The van der Waals surface area contributed by atoms with Crippen LogP contribution in [0.3, 0.4) is 0 Å². The number of hydrogen-bond donors (Lipinski definition) is 1. The first-order valence-corrected chi connectivity index (χ1v) is 7.48. The van der Waals surface area contributed by atoms with Gasteiger partial charge in [0.1, 0.15) is 12.4 Å². The van der Waals surface area contributed by atoms with Crippen molar-refractivity contribution >= 4 is 15.9 Å². The first kappa shape index (κ1) is 15.1. The van der Waals surface area contributed by atoms with Crippen LogP contribution in [0.25, 0.3) is 0 Å². The molecule has 5 heteroatoms. The molecule has 1 aromatic heterocycles. The lowest BCUT2D eigenvalue weighted by Crippen LogP contribution is -2.08. The molecule has 0 saturated carbocycles. The van der Waals surface area contributed by atoms with Crippen molar-refractivity contribution in [1.82, 2.24) is 9.78 Å². The second kappa shape index (κ2) is 6.41. The van der Waals surface area contributed by atoms with Crippen LogP contribution in [-0.4, -0.2) is 9.78 Å². The lowest BCUT2D eigenvalue weighted by molar-refractivity contribution is 0.294. The molecule has 4 nitrogen and oxygen atoms in total. The molecule has 0 bridgehead atoms. The van der Waals surface area contributed by atoms with E-state index in [1.165, 1.54) is 0 Å². The molecule has 0 aliphatic heterocycles. The fourth-order valence-electron chi connectivity index (χ4n) is 1.90. The second-order valence-electron chi connectivity index (χ2n) is 5.14. The predicted molar refractivity (Wildman–Crippen MR) is 83.7 cm³/mol. The summed E-state index contributed by atoms with van der Waals surface area (Å²) in [6.45, 7) is 6.58. The molecule has 0 fully saturated rings. The van der Waals surface area contributed by atoms with Crippen molar-refractivity contribution in [2.45, 2.75) is 39.5 Å². The highest BCUT2D eigenvalue weighted by atomic mass is 79.9. The number of ether oxygens (including phenoxy) is 1. The summed E-state index contributed by atoms with van der Waals surface area (Å²) in [7, 11) is 0. The molecule has 0 radical (unpaired) electrons. The van der Waals surface area contributed by atoms with E-state index in [4.69, 9.17) is 10.5 Å². The number of nitrogens with two attached hydrogens (primary N) is 1. The Hall–Kier alpha value is -1.33. The van der Waals surface area contributed by atoms with E-state index in [0.29, 0.717) is 12.6 Å². The van der Waals surface area contributed by atoms with Crippen LogP contribution >= 0.6 is 15.9 Å². The summed E-state index contributed by atoms with van der Waals surface area (Å²) in [5.41, 5.74) is 7.87. The van der Waals surface area contributed by atoms with E-state index < -0.39 is 0 Å². The molecular weight excluding hydrogens is 318 g/mol. The van der Waals surface area contributed by atoms with Crippen LogP contribution in [0.15, 0.2) is 34.9 Å². The third-order valence-electron chi connectivity index (χ3n) is 3.03. The molecule has 1 aromatic carbocycles. The summed E-state index contributed by atoms with van der Waals surface area (Å²) in [6, 6.07) is 8.16. The zero-order chi connectivity index (χ0) is 14.7. The number of halogens is 1. The lowest BCUT2D eigenvalue weighted by atomic mass is 10.1. The van der Waals surface area contributed by atoms with E-state index in [9.17, 15) is 0 Å². The Morgan fingerprint density at radius 1 is 1.30 bits per heavy atom. The summed E-state index contributed by atoms with van der Waals surface area (Å²) in [6.07, 6.45) is 1.97. The SMILES string of the molecule is CC(C)n1ccc(COc2cc(Br)ccc2[C@@H](C)N)n1. The van der Waals surface area contributed by atoms with Gasteiger partial charge in [0, 0.05) is 28.3 Å². The molecule has 2 aromatic rings. The molecule has 108 valence electrons. The topological polar surface area (TPSA) is 53.1 Å². The van der Waals surface area contributed by atoms with Crippen LogP contribution < -0.4 is 10.5 Å². The van der Waals surface area contributed by atoms with Crippen molar-refractivity contribution in [3.8, 4) is 5.75 Å². The molecule has 0 amide bonds.